The van der Waals surface area contributed by atoms with Crippen molar-refractivity contribution in [2.45, 2.75) is 19.2 Å². The predicted molar refractivity (Wildman–Crippen MR) is 55.4 cm³/mol. The Labute approximate surface area is 108 Å². The van der Waals surface area contributed by atoms with E-state index in [1.165, 1.54) is 11.0 Å². The van der Waals surface area contributed by atoms with Crippen molar-refractivity contribution >= 4 is 26.9 Å². The van der Waals surface area contributed by atoms with Gasteiger partial charge in [-0.2, -0.15) is 35.3 Å². The van der Waals surface area contributed by atoms with Gasteiger partial charge in [-0.3, -0.25) is 0 Å². The van der Waals surface area contributed by atoms with Crippen LogP contribution in [-0.2, 0) is 32.7 Å². The molecule has 1 heterocycles. The second kappa shape index (κ2) is 4.84. The van der Waals surface area contributed by atoms with Crippen LogP contribution in [0, 0.1) is 6.07 Å². The van der Waals surface area contributed by atoms with Gasteiger partial charge in [0, 0.05) is 47.5 Å². The van der Waals surface area contributed by atoms with Crippen molar-refractivity contribution in [2.75, 3.05) is 0 Å². The molecule has 1 aliphatic heterocycles. The van der Waals surface area contributed by atoms with Gasteiger partial charge < -0.3 is 0 Å². The SMILES string of the molecule is [B][B]B1CC(C)c2c[c-]ccc21.[Y]. The van der Waals surface area contributed by atoms with Gasteiger partial charge in [0.25, 0.3) is 0 Å². The van der Waals surface area contributed by atoms with Gasteiger partial charge in [-0.25, -0.2) is 0 Å². The molecule has 0 bridgehead atoms. The normalized spacial score (nSPS) is 19.2. The van der Waals surface area contributed by atoms with Crippen LogP contribution < -0.4 is 5.46 Å². The van der Waals surface area contributed by atoms with Gasteiger partial charge in [0.05, 0.1) is 6.60 Å². The first kappa shape index (κ1) is 11.6. The zero-order chi connectivity index (χ0) is 8.55. The minimum Gasteiger partial charge on any atom is -0.193 e. The molecule has 4 heteroatoms. The summed E-state index contributed by atoms with van der Waals surface area (Å²) in [4.78, 5) is 0. The van der Waals surface area contributed by atoms with Crippen LogP contribution in [0.25, 0.3) is 0 Å². The van der Waals surface area contributed by atoms with Gasteiger partial charge in [0.15, 0.2) is 0 Å². The molecule has 0 aromatic heterocycles. The summed E-state index contributed by atoms with van der Waals surface area (Å²) in [7, 11) is 7.38. The van der Waals surface area contributed by atoms with E-state index in [1.54, 1.807) is 0 Å². The van der Waals surface area contributed by atoms with E-state index in [-0.39, 0.29) is 32.7 Å². The molecular formula is C9H9B3Y-. The predicted octanol–water partition coefficient (Wildman–Crippen LogP) is 0.588. The van der Waals surface area contributed by atoms with Crippen molar-refractivity contribution < 1.29 is 32.7 Å². The van der Waals surface area contributed by atoms with Crippen LogP contribution in [0.2, 0.25) is 6.32 Å². The Hall–Kier alpha value is 0.519. The summed E-state index contributed by atoms with van der Waals surface area (Å²) >= 11 is 0. The van der Waals surface area contributed by atoms with Crippen LogP contribution in [0.4, 0.5) is 0 Å². The van der Waals surface area contributed by atoms with E-state index in [0.29, 0.717) is 12.5 Å². The van der Waals surface area contributed by atoms with E-state index >= 15 is 0 Å². The Bertz CT molecular complexity index is 290. The minimum absolute atomic E-state index is 0. The second-order valence-corrected chi connectivity index (χ2v) is 3.49. The largest absolute Gasteiger partial charge is 0.193 e. The first-order valence-electron chi connectivity index (χ1n) is 4.38. The number of hydrogen-bond acceptors (Lipinski definition) is 0. The van der Waals surface area contributed by atoms with Crippen LogP contribution in [0.3, 0.4) is 0 Å². The first-order valence-corrected chi connectivity index (χ1v) is 4.38. The number of fused-ring (bicyclic) bond motifs is 1. The molecule has 0 aliphatic carbocycles. The van der Waals surface area contributed by atoms with E-state index in [0.717, 1.165) is 6.32 Å². The summed E-state index contributed by atoms with van der Waals surface area (Å²) in [6.07, 6.45) is 1.16. The van der Waals surface area contributed by atoms with Gasteiger partial charge in [-0.1, -0.05) is 19.2 Å². The summed E-state index contributed by atoms with van der Waals surface area (Å²) in [5.41, 5.74) is 2.81. The van der Waals surface area contributed by atoms with Gasteiger partial charge in [-0.05, 0) is 0 Å². The summed E-state index contributed by atoms with van der Waals surface area (Å²) in [5.74, 6) is 0.641. The van der Waals surface area contributed by atoms with Gasteiger partial charge in [0.2, 0.25) is 0 Å². The van der Waals surface area contributed by atoms with Gasteiger partial charge >= 0.3 is 0 Å². The summed E-state index contributed by atoms with van der Waals surface area (Å²) in [6, 6.07) is 9.30. The zero-order valence-electron chi connectivity index (χ0n) is 7.83. The average Bonchev–Trinajstić information content (AvgIpc) is 2.44. The smallest absolute Gasteiger partial charge is 0.0971 e. The van der Waals surface area contributed by atoms with Gasteiger partial charge in [-0.15, -0.1) is 0 Å². The Balaban J connectivity index is 0.000000845. The molecule has 0 spiro atoms. The van der Waals surface area contributed by atoms with Crippen LogP contribution in [0.1, 0.15) is 18.4 Å². The molecule has 0 N–H and O–H groups in total. The topological polar surface area (TPSA) is 0 Å². The van der Waals surface area contributed by atoms with E-state index in [9.17, 15) is 0 Å². The minimum atomic E-state index is 0. The van der Waals surface area contributed by atoms with Crippen molar-refractivity contribution in [3.63, 3.8) is 0 Å². The van der Waals surface area contributed by atoms with Gasteiger partial charge in [0.1, 0.15) is 0 Å². The molecule has 1 aromatic rings. The van der Waals surface area contributed by atoms with E-state index in [4.69, 9.17) is 7.74 Å². The molecule has 1 aliphatic rings. The van der Waals surface area contributed by atoms with Crippen LogP contribution in [-0.4, -0.2) is 21.4 Å². The first-order chi connectivity index (χ1) is 5.83. The monoisotopic (exact) mass is 239 g/mol. The molecule has 13 heavy (non-hydrogen) atoms. The Morgan fingerprint density at radius 1 is 1.69 bits per heavy atom. The van der Waals surface area contributed by atoms with Crippen LogP contribution in [0.15, 0.2) is 18.2 Å². The third-order valence-electron chi connectivity index (χ3n) is 2.70. The molecule has 1 unspecified atom stereocenters. The van der Waals surface area contributed by atoms with Crippen molar-refractivity contribution in [3.05, 3.63) is 29.8 Å². The standard InChI is InChI=1S/C9H9B3.Y/c1-7-6-12(11-10)9-5-3-2-4-8(7)9;/h3-5,7H,6H2,1H3;/q-1;. The zero-order valence-corrected chi connectivity index (χ0v) is 10.7. The second-order valence-electron chi connectivity index (χ2n) is 3.49. The van der Waals surface area contributed by atoms with Crippen LogP contribution in [0.5, 0.6) is 0 Å². The average molecular weight is 239 g/mol. The molecule has 2 rings (SSSR count). The Morgan fingerprint density at radius 2 is 2.46 bits per heavy atom. The maximum absolute atomic E-state index is 5.58. The van der Waals surface area contributed by atoms with E-state index in [2.05, 4.69) is 25.1 Å². The molecule has 0 nitrogen and oxygen atoms in total. The molecule has 0 fully saturated rings. The maximum atomic E-state index is 5.58. The summed E-state index contributed by atoms with van der Waals surface area (Å²) in [5, 5.41) is 0. The van der Waals surface area contributed by atoms with E-state index < -0.39 is 0 Å². The fourth-order valence-corrected chi connectivity index (χ4v) is 2.04. The molecule has 0 saturated carbocycles. The van der Waals surface area contributed by atoms with Crippen molar-refractivity contribution in [1.82, 2.24) is 0 Å². The molecule has 0 saturated heterocycles. The molecule has 1 atom stereocenters. The summed E-state index contributed by atoms with van der Waals surface area (Å²) in [6.45, 7) is 2.71. The van der Waals surface area contributed by atoms with E-state index in [1.807, 2.05) is 13.1 Å². The molecule has 4 radical (unpaired) electrons. The number of hydrogen-bond donors (Lipinski definition) is 0. The fraction of sp³-hybridized carbons (Fsp3) is 0.333. The molecule has 1 aromatic carbocycles. The van der Waals surface area contributed by atoms with Crippen LogP contribution >= 0.6 is 0 Å². The number of rotatable bonds is 1. The van der Waals surface area contributed by atoms with Crippen molar-refractivity contribution in [1.29, 1.82) is 0 Å². The third kappa shape index (κ3) is 2.13. The Kier molecular flexibility index (Phi) is 4.32. The number of benzene rings is 1. The third-order valence-corrected chi connectivity index (χ3v) is 2.70. The molecular weight excluding hydrogens is 229 g/mol. The quantitative estimate of drug-likeness (QED) is 0.496. The molecule has 0 amide bonds. The maximum Gasteiger partial charge on any atom is 0.0971 e. The van der Waals surface area contributed by atoms with Crippen molar-refractivity contribution in [3.8, 4) is 0 Å². The summed E-state index contributed by atoms with van der Waals surface area (Å²) < 4.78 is 0. The molecule has 58 valence electrons. The Morgan fingerprint density at radius 3 is 3.15 bits per heavy atom. The fourth-order valence-electron chi connectivity index (χ4n) is 2.04. The van der Waals surface area contributed by atoms with Crippen molar-refractivity contribution in [2.24, 2.45) is 0 Å².